The van der Waals surface area contributed by atoms with E-state index in [0.717, 1.165) is 4.90 Å². The summed E-state index contributed by atoms with van der Waals surface area (Å²) in [7, 11) is 1.21. The minimum Gasteiger partial charge on any atom is -0.465 e. The normalized spacial score (nSPS) is 14.9. The van der Waals surface area contributed by atoms with E-state index in [9.17, 15) is 19.2 Å². The van der Waals surface area contributed by atoms with Gasteiger partial charge in [0.1, 0.15) is 0 Å². The fourth-order valence-electron chi connectivity index (χ4n) is 2.77. The molecule has 0 aliphatic carbocycles. The van der Waals surface area contributed by atoms with E-state index < -0.39 is 23.8 Å². The second-order valence-electron chi connectivity index (χ2n) is 5.96. The molecule has 0 aromatic heterocycles. The molecule has 1 heterocycles. The summed E-state index contributed by atoms with van der Waals surface area (Å²) in [6.45, 7) is 5.18. The van der Waals surface area contributed by atoms with E-state index in [1.54, 1.807) is 0 Å². The molecule has 122 valence electrons. The topological polar surface area (TPSA) is 80.8 Å². The van der Waals surface area contributed by atoms with E-state index in [2.05, 4.69) is 4.74 Å². The van der Waals surface area contributed by atoms with Crippen molar-refractivity contribution >= 4 is 23.6 Å². The Labute approximate surface area is 134 Å². The van der Waals surface area contributed by atoms with Crippen molar-refractivity contribution in [2.45, 2.75) is 33.2 Å². The van der Waals surface area contributed by atoms with Gasteiger partial charge in [0, 0.05) is 0 Å². The summed E-state index contributed by atoms with van der Waals surface area (Å²) in [6, 6.07) is 3.61. The van der Waals surface area contributed by atoms with Crippen LogP contribution in [-0.4, -0.2) is 41.6 Å². The second kappa shape index (κ2) is 6.32. The molecule has 0 N–H and O–H groups in total. The fourth-order valence-corrected chi connectivity index (χ4v) is 2.77. The largest absolute Gasteiger partial charge is 0.465 e. The van der Waals surface area contributed by atoms with Gasteiger partial charge < -0.3 is 4.74 Å². The molecule has 1 aliphatic rings. The smallest absolute Gasteiger partial charge is 0.338 e. The molecule has 0 bridgehead atoms. The molecule has 1 atom stereocenters. The number of fused-ring (bicyclic) bond motifs is 1. The van der Waals surface area contributed by atoms with E-state index >= 15 is 0 Å². The van der Waals surface area contributed by atoms with Gasteiger partial charge in [-0.3, -0.25) is 19.3 Å². The molecule has 0 radical (unpaired) electrons. The molecule has 0 unspecified atom stereocenters. The Morgan fingerprint density at radius 3 is 2.35 bits per heavy atom. The Morgan fingerprint density at radius 1 is 1.17 bits per heavy atom. The summed E-state index contributed by atoms with van der Waals surface area (Å²) < 4.78 is 4.66. The maximum Gasteiger partial charge on any atom is 0.338 e. The number of nitrogens with zero attached hydrogens (tertiary/aromatic N) is 1. The molecule has 0 fully saturated rings. The first-order valence-corrected chi connectivity index (χ1v) is 7.39. The predicted octanol–water partition coefficient (Wildman–Crippen LogP) is 2.07. The van der Waals surface area contributed by atoms with Crippen LogP contribution in [0, 0.1) is 5.92 Å². The monoisotopic (exact) mass is 317 g/mol. The molecule has 0 spiro atoms. The maximum atomic E-state index is 12.7. The van der Waals surface area contributed by atoms with Gasteiger partial charge in [0.15, 0.2) is 5.78 Å². The van der Waals surface area contributed by atoms with Gasteiger partial charge in [0.25, 0.3) is 11.8 Å². The van der Waals surface area contributed by atoms with Crippen molar-refractivity contribution in [3.05, 3.63) is 34.9 Å². The summed E-state index contributed by atoms with van der Waals surface area (Å²) >= 11 is 0. The summed E-state index contributed by atoms with van der Waals surface area (Å²) in [5, 5.41) is 0. The first-order chi connectivity index (χ1) is 10.8. The zero-order chi connectivity index (χ0) is 17.3. The van der Waals surface area contributed by atoms with Crippen LogP contribution >= 0.6 is 0 Å². The molecule has 23 heavy (non-hydrogen) atoms. The van der Waals surface area contributed by atoms with Gasteiger partial charge in [-0.05, 0) is 31.4 Å². The maximum absolute atomic E-state index is 12.7. The van der Waals surface area contributed by atoms with E-state index in [1.807, 2.05) is 13.8 Å². The van der Waals surface area contributed by atoms with Gasteiger partial charge in [0.2, 0.25) is 0 Å². The van der Waals surface area contributed by atoms with Crippen molar-refractivity contribution in [1.29, 1.82) is 0 Å². The number of amides is 2. The number of Topliss-reactive ketones (excluding diaryl/α,β-unsaturated/α-hetero) is 1. The number of methoxy groups -OCH3 is 1. The lowest BCUT2D eigenvalue weighted by molar-refractivity contribution is -0.121. The highest BCUT2D eigenvalue weighted by atomic mass is 16.5. The number of ether oxygens (including phenoxy) is 1. The Hall–Kier alpha value is -2.50. The zero-order valence-corrected chi connectivity index (χ0v) is 13.6. The number of rotatable bonds is 5. The van der Waals surface area contributed by atoms with Crippen LogP contribution in [-0.2, 0) is 9.53 Å². The average molecular weight is 317 g/mol. The van der Waals surface area contributed by atoms with Gasteiger partial charge >= 0.3 is 5.97 Å². The number of imide groups is 1. The van der Waals surface area contributed by atoms with Crippen LogP contribution < -0.4 is 0 Å². The second-order valence-corrected chi connectivity index (χ2v) is 5.96. The highest BCUT2D eigenvalue weighted by molar-refractivity contribution is 6.25. The number of carbonyl (C=O) groups excluding carboxylic acids is 4. The number of hydrogen-bond donors (Lipinski definition) is 0. The van der Waals surface area contributed by atoms with Crippen molar-refractivity contribution in [2.24, 2.45) is 5.92 Å². The van der Waals surface area contributed by atoms with Crippen LogP contribution in [0.3, 0.4) is 0 Å². The molecule has 6 nitrogen and oxygen atoms in total. The molecule has 6 heteroatoms. The highest BCUT2D eigenvalue weighted by Gasteiger charge is 2.43. The van der Waals surface area contributed by atoms with Crippen LogP contribution in [0.5, 0.6) is 0 Å². The standard InChI is InChI=1S/C17H19NO5/c1-9(2)8-13(10(3)19)18-15(20)11-6-5-7-12(17(22)23-4)14(11)16(18)21/h5-7,9,13H,8H2,1-4H3/t13-/m0/s1. The number of carbonyl (C=O) groups is 4. The predicted molar refractivity (Wildman–Crippen MR) is 82.2 cm³/mol. The Kier molecular flexibility index (Phi) is 4.63. The molecular formula is C17H19NO5. The van der Waals surface area contributed by atoms with Gasteiger partial charge in [0.05, 0.1) is 29.8 Å². The van der Waals surface area contributed by atoms with Gasteiger partial charge in [-0.25, -0.2) is 4.79 Å². The van der Waals surface area contributed by atoms with E-state index in [4.69, 9.17) is 0 Å². The molecule has 2 amide bonds. The molecule has 1 aromatic carbocycles. The van der Waals surface area contributed by atoms with Crippen LogP contribution in [0.2, 0.25) is 0 Å². The van der Waals surface area contributed by atoms with Crippen LogP contribution in [0.1, 0.15) is 58.3 Å². The van der Waals surface area contributed by atoms with Gasteiger partial charge in [-0.15, -0.1) is 0 Å². The van der Waals surface area contributed by atoms with Crippen molar-refractivity contribution in [3.63, 3.8) is 0 Å². The summed E-state index contributed by atoms with van der Waals surface area (Å²) in [5.41, 5.74) is 0.185. The van der Waals surface area contributed by atoms with E-state index in [-0.39, 0.29) is 28.4 Å². The van der Waals surface area contributed by atoms with Crippen LogP contribution in [0.15, 0.2) is 18.2 Å². The molecule has 1 aromatic rings. The van der Waals surface area contributed by atoms with Crippen molar-refractivity contribution in [2.75, 3.05) is 7.11 Å². The molecule has 2 rings (SSSR count). The number of ketones is 1. The Morgan fingerprint density at radius 2 is 1.83 bits per heavy atom. The quantitative estimate of drug-likeness (QED) is 0.613. The fraction of sp³-hybridized carbons (Fsp3) is 0.412. The minimum atomic E-state index is -0.826. The van der Waals surface area contributed by atoms with Crippen LogP contribution in [0.25, 0.3) is 0 Å². The van der Waals surface area contributed by atoms with E-state index in [0.29, 0.717) is 6.42 Å². The minimum absolute atomic E-state index is 0.0133. The first-order valence-electron chi connectivity index (χ1n) is 7.39. The number of hydrogen-bond acceptors (Lipinski definition) is 5. The molecule has 0 saturated heterocycles. The third-order valence-corrected chi connectivity index (χ3v) is 3.83. The Bertz CT molecular complexity index is 692. The summed E-state index contributed by atoms with van der Waals surface area (Å²) in [6.07, 6.45) is 0.383. The van der Waals surface area contributed by atoms with E-state index in [1.165, 1.54) is 32.2 Å². The number of esters is 1. The summed E-state index contributed by atoms with van der Waals surface area (Å²) in [4.78, 5) is 50.1. The summed E-state index contributed by atoms with van der Waals surface area (Å²) in [5.74, 6) is -1.97. The average Bonchev–Trinajstić information content (AvgIpc) is 2.75. The zero-order valence-electron chi connectivity index (χ0n) is 13.6. The molecular weight excluding hydrogens is 298 g/mol. The van der Waals surface area contributed by atoms with Crippen molar-refractivity contribution in [3.8, 4) is 0 Å². The van der Waals surface area contributed by atoms with Crippen LogP contribution in [0.4, 0.5) is 0 Å². The number of benzene rings is 1. The SMILES string of the molecule is COC(=O)c1cccc2c1C(=O)N([C@@H](CC(C)C)C(C)=O)C2=O. The highest BCUT2D eigenvalue weighted by Crippen LogP contribution is 2.30. The van der Waals surface area contributed by atoms with Crippen molar-refractivity contribution < 1.29 is 23.9 Å². The first kappa shape index (κ1) is 16.9. The third kappa shape index (κ3) is 2.88. The molecule has 1 aliphatic heterocycles. The van der Waals surface area contributed by atoms with Gasteiger partial charge in [-0.2, -0.15) is 0 Å². The van der Waals surface area contributed by atoms with Crippen molar-refractivity contribution in [1.82, 2.24) is 4.90 Å². The third-order valence-electron chi connectivity index (χ3n) is 3.83. The Balaban J connectivity index is 2.52. The lowest BCUT2D eigenvalue weighted by Gasteiger charge is -2.25. The lowest BCUT2D eigenvalue weighted by atomic mass is 9.99. The lowest BCUT2D eigenvalue weighted by Crippen LogP contribution is -2.44. The van der Waals surface area contributed by atoms with Gasteiger partial charge in [-0.1, -0.05) is 19.9 Å². The molecule has 0 saturated carbocycles.